The third kappa shape index (κ3) is 2.34. The van der Waals surface area contributed by atoms with Gasteiger partial charge in [-0.05, 0) is 40.5 Å². The lowest BCUT2D eigenvalue weighted by molar-refractivity contribution is 1.12. The molecule has 0 aliphatic rings. The van der Waals surface area contributed by atoms with E-state index < -0.39 is 0 Å². The molecule has 20 heavy (non-hydrogen) atoms. The molecule has 102 valence electrons. The third-order valence-corrected chi connectivity index (χ3v) is 3.66. The highest BCUT2D eigenvalue weighted by molar-refractivity contribution is 9.10. The largest absolute Gasteiger partial charge is 0.372 e. The van der Waals surface area contributed by atoms with E-state index in [9.17, 15) is 0 Å². The number of nitrogens with zero attached hydrogens (tertiary/aromatic N) is 3. The Labute approximate surface area is 125 Å². The lowest BCUT2D eigenvalue weighted by Gasteiger charge is -2.11. The van der Waals surface area contributed by atoms with Crippen molar-refractivity contribution < 1.29 is 0 Å². The number of anilines is 3. The second kappa shape index (κ2) is 5.13. The van der Waals surface area contributed by atoms with Gasteiger partial charge in [0.2, 0.25) is 0 Å². The quantitative estimate of drug-likeness (QED) is 0.770. The number of nitrogens with one attached hydrogen (secondary N) is 2. The van der Waals surface area contributed by atoms with Crippen LogP contribution in [0, 0.1) is 6.92 Å². The summed E-state index contributed by atoms with van der Waals surface area (Å²) in [4.78, 5) is 8.86. The van der Waals surface area contributed by atoms with Crippen LogP contribution in [0.25, 0.3) is 5.65 Å². The minimum atomic E-state index is 0.714. The van der Waals surface area contributed by atoms with Crippen LogP contribution in [0.1, 0.15) is 5.56 Å². The fourth-order valence-corrected chi connectivity index (χ4v) is 2.58. The van der Waals surface area contributed by atoms with Crippen molar-refractivity contribution in [2.24, 2.45) is 0 Å². The summed E-state index contributed by atoms with van der Waals surface area (Å²) >= 11 is 3.56. The lowest BCUT2D eigenvalue weighted by atomic mass is 10.2. The topological polar surface area (TPSA) is 54.2 Å². The Balaban J connectivity index is 2.07. The Kier molecular flexibility index (Phi) is 3.31. The van der Waals surface area contributed by atoms with Crippen molar-refractivity contribution in [3.8, 4) is 0 Å². The minimum Gasteiger partial charge on any atom is -0.372 e. The zero-order valence-electron chi connectivity index (χ0n) is 11.2. The molecule has 2 heterocycles. The van der Waals surface area contributed by atoms with Crippen molar-refractivity contribution in [3.63, 3.8) is 0 Å². The number of rotatable bonds is 3. The van der Waals surface area contributed by atoms with Crippen LogP contribution < -0.4 is 10.6 Å². The molecule has 2 aromatic heterocycles. The second-order valence-electron chi connectivity index (χ2n) is 4.49. The maximum absolute atomic E-state index is 4.52. The monoisotopic (exact) mass is 331 g/mol. The van der Waals surface area contributed by atoms with Crippen molar-refractivity contribution in [3.05, 3.63) is 46.8 Å². The summed E-state index contributed by atoms with van der Waals surface area (Å²) < 4.78 is 2.93. The van der Waals surface area contributed by atoms with Crippen molar-refractivity contribution in [1.29, 1.82) is 0 Å². The van der Waals surface area contributed by atoms with Crippen LogP contribution in [0.5, 0.6) is 0 Å². The van der Waals surface area contributed by atoms with Gasteiger partial charge in [-0.2, -0.15) is 0 Å². The van der Waals surface area contributed by atoms with Gasteiger partial charge in [-0.3, -0.25) is 0 Å². The fraction of sp³-hybridized carbons (Fsp3) is 0.143. The zero-order valence-corrected chi connectivity index (χ0v) is 12.8. The first-order valence-corrected chi connectivity index (χ1v) is 7.01. The number of halogens is 1. The molecule has 0 fully saturated rings. The molecule has 0 radical (unpaired) electrons. The maximum Gasteiger partial charge on any atom is 0.180 e. The molecule has 0 atom stereocenters. The summed E-state index contributed by atoms with van der Waals surface area (Å²) in [5.41, 5.74) is 2.95. The van der Waals surface area contributed by atoms with E-state index >= 15 is 0 Å². The molecule has 0 saturated heterocycles. The van der Waals surface area contributed by atoms with E-state index in [-0.39, 0.29) is 0 Å². The molecule has 0 aliphatic carbocycles. The van der Waals surface area contributed by atoms with Crippen LogP contribution in [0.15, 0.2) is 41.3 Å². The van der Waals surface area contributed by atoms with Gasteiger partial charge < -0.3 is 15.0 Å². The third-order valence-electron chi connectivity index (χ3n) is 3.01. The fourth-order valence-electron chi connectivity index (χ4n) is 1.99. The van der Waals surface area contributed by atoms with Crippen LogP contribution in [0.3, 0.4) is 0 Å². The number of benzene rings is 1. The van der Waals surface area contributed by atoms with E-state index in [2.05, 4.69) is 55.6 Å². The summed E-state index contributed by atoms with van der Waals surface area (Å²) in [6, 6.07) is 6.14. The number of aromatic nitrogens is 3. The second-order valence-corrected chi connectivity index (χ2v) is 5.35. The minimum absolute atomic E-state index is 0.714. The lowest BCUT2D eigenvalue weighted by Crippen LogP contribution is -2.02. The van der Waals surface area contributed by atoms with Gasteiger partial charge in [-0.15, -0.1) is 0 Å². The van der Waals surface area contributed by atoms with Crippen LogP contribution in [0.4, 0.5) is 17.3 Å². The Bertz CT molecular complexity index is 765. The maximum atomic E-state index is 4.52. The van der Waals surface area contributed by atoms with Gasteiger partial charge >= 0.3 is 0 Å². The molecule has 0 spiro atoms. The molecule has 3 rings (SSSR count). The van der Waals surface area contributed by atoms with Crippen LogP contribution in [-0.4, -0.2) is 21.4 Å². The molecular formula is C14H14BrN5. The van der Waals surface area contributed by atoms with E-state index in [4.69, 9.17) is 0 Å². The Morgan fingerprint density at radius 1 is 1.30 bits per heavy atom. The van der Waals surface area contributed by atoms with Crippen LogP contribution >= 0.6 is 15.9 Å². The molecule has 1 aromatic carbocycles. The highest BCUT2D eigenvalue weighted by Gasteiger charge is 2.09. The molecule has 0 saturated carbocycles. The first kappa shape index (κ1) is 12.9. The summed E-state index contributed by atoms with van der Waals surface area (Å²) in [7, 11) is 1.84. The highest BCUT2D eigenvalue weighted by atomic mass is 79.9. The van der Waals surface area contributed by atoms with Gasteiger partial charge in [0.05, 0.1) is 11.9 Å². The number of aryl methyl sites for hydroxylation is 1. The normalized spacial score (nSPS) is 10.8. The molecule has 0 bridgehead atoms. The van der Waals surface area contributed by atoms with E-state index in [1.807, 2.05) is 29.9 Å². The molecule has 2 N–H and O–H groups in total. The molecule has 6 heteroatoms. The Morgan fingerprint density at radius 3 is 2.90 bits per heavy atom. The highest BCUT2D eigenvalue weighted by Crippen LogP contribution is 2.28. The van der Waals surface area contributed by atoms with E-state index in [0.29, 0.717) is 5.82 Å². The molecule has 0 unspecified atom stereocenters. The van der Waals surface area contributed by atoms with Gasteiger partial charge in [0.25, 0.3) is 0 Å². The Morgan fingerprint density at radius 2 is 2.15 bits per heavy atom. The van der Waals surface area contributed by atoms with E-state index in [1.54, 1.807) is 6.20 Å². The van der Waals surface area contributed by atoms with Crippen molar-refractivity contribution >= 4 is 38.9 Å². The van der Waals surface area contributed by atoms with Gasteiger partial charge in [0.1, 0.15) is 5.82 Å². The van der Waals surface area contributed by atoms with E-state index in [0.717, 1.165) is 21.6 Å². The van der Waals surface area contributed by atoms with Crippen molar-refractivity contribution in [1.82, 2.24) is 14.4 Å². The predicted octanol–water partition coefficient (Wildman–Crippen LogP) is 3.59. The summed E-state index contributed by atoms with van der Waals surface area (Å²) in [6.07, 6.45) is 5.55. The summed E-state index contributed by atoms with van der Waals surface area (Å²) in [5, 5.41) is 6.37. The van der Waals surface area contributed by atoms with Crippen molar-refractivity contribution in [2.75, 3.05) is 17.7 Å². The summed E-state index contributed by atoms with van der Waals surface area (Å²) in [5.74, 6) is 1.49. The first-order valence-electron chi connectivity index (χ1n) is 6.22. The molecule has 3 aromatic rings. The van der Waals surface area contributed by atoms with Crippen LogP contribution in [-0.2, 0) is 0 Å². The molecule has 0 aliphatic heterocycles. The number of fused-ring (bicyclic) bond motifs is 1. The van der Waals surface area contributed by atoms with Gasteiger partial charge in [-0.1, -0.05) is 6.07 Å². The Hall–Kier alpha value is -2.08. The number of hydrogen-bond donors (Lipinski definition) is 2. The molecule has 5 nitrogen and oxygen atoms in total. The SMILES string of the molecule is CNc1cn2ccnc2c(Nc2ccc(C)cc2Br)n1. The first-order chi connectivity index (χ1) is 9.67. The standard InChI is InChI=1S/C14H14BrN5/c1-9-3-4-11(10(15)7-9)18-13-14-17-5-6-20(14)8-12(16-2)19-13/h3-8,16H,1-2H3,(H,18,19). The van der Waals surface area contributed by atoms with Crippen LogP contribution in [0.2, 0.25) is 0 Å². The predicted molar refractivity (Wildman–Crippen MR) is 84.7 cm³/mol. The summed E-state index contributed by atoms with van der Waals surface area (Å²) in [6.45, 7) is 2.06. The van der Waals surface area contributed by atoms with Gasteiger partial charge in [0, 0.05) is 23.9 Å². The zero-order chi connectivity index (χ0) is 14.1. The average molecular weight is 332 g/mol. The smallest absolute Gasteiger partial charge is 0.180 e. The average Bonchev–Trinajstić information content (AvgIpc) is 2.90. The van der Waals surface area contributed by atoms with Crippen molar-refractivity contribution in [2.45, 2.75) is 6.92 Å². The van der Waals surface area contributed by atoms with Gasteiger partial charge in [-0.25, -0.2) is 9.97 Å². The van der Waals surface area contributed by atoms with Gasteiger partial charge in [0.15, 0.2) is 11.5 Å². The molecule has 0 amide bonds. The molecular weight excluding hydrogens is 318 g/mol. The number of hydrogen-bond acceptors (Lipinski definition) is 4. The number of imidazole rings is 1. The van der Waals surface area contributed by atoms with E-state index in [1.165, 1.54) is 5.56 Å².